The topological polar surface area (TPSA) is 113 Å². The van der Waals surface area contributed by atoms with Gasteiger partial charge in [-0.05, 0) is 43.4 Å². The Hall–Kier alpha value is -2.90. The molecule has 1 aliphatic heterocycles. The van der Waals surface area contributed by atoms with Gasteiger partial charge in [-0.1, -0.05) is 12.1 Å². The number of ether oxygens (including phenoxy) is 1. The smallest absolute Gasteiger partial charge is 0.322 e. The molecule has 1 heterocycles. The average Bonchev–Trinajstić information content (AvgIpc) is 3.44. The lowest BCUT2D eigenvalue weighted by atomic mass is 10.0. The minimum atomic E-state index is -1.49. The lowest BCUT2D eigenvalue weighted by Crippen LogP contribution is -2.40. The molecule has 0 radical (unpaired) electrons. The lowest BCUT2D eigenvalue weighted by molar-refractivity contribution is -0.143. The molecule has 8 nitrogen and oxygen atoms in total. The van der Waals surface area contributed by atoms with Crippen molar-refractivity contribution >= 4 is 23.6 Å². The molecule has 1 aliphatic carbocycles. The van der Waals surface area contributed by atoms with Crippen molar-refractivity contribution in [3.05, 3.63) is 29.8 Å². The van der Waals surface area contributed by atoms with Gasteiger partial charge in [0.15, 0.2) is 11.7 Å². The van der Waals surface area contributed by atoms with Crippen molar-refractivity contribution in [2.75, 3.05) is 13.2 Å². The molecule has 8 heteroatoms. The van der Waals surface area contributed by atoms with Gasteiger partial charge in [-0.25, -0.2) is 0 Å². The second-order valence-corrected chi connectivity index (χ2v) is 6.99. The van der Waals surface area contributed by atoms with Crippen LogP contribution in [-0.2, 0) is 25.7 Å². The van der Waals surface area contributed by atoms with E-state index in [1.54, 1.807) is 6.92 Å². The summed E-state index contributed by atoms with van der Waals surface area (Å²) in [6.07, 6.45) is 2.42. The molecule has 1 aromatic rings. The molecule has 0 spiro atoms. The Morgan fingerprint density at radius 2 is 1.89 bits per heavy atom. The number of likely N-dealkylation sites (tertiary alicyclic amines) is 1. The van der Waals surface area contributed by atoms with Gasteiger partial charge in [-0.2, -0.15) is 0 Å². The summed E-state index contributed by atoms with van der Waals surface area (Å²) in [6.45, 7) is 1.84. The number of ketones is 1. The van der Waals surface area contributed by atoms with Crippen LogP contribution in [0.3, 0.4) is 0 Å². The number of hydrogen-bond donors (Lipinski definition) is 2. The van der Waals surface area contributed by atoms with E-state index < -0.39 is 42.1 Å². The zero-order valence-corrected chi connectivity index (χ0v) is 15.0. The van der Waals surface area contributed by atoms with Crippen molar-refractivity contribution in [3.8, 4) is 5.75 Å². The normalized spacial score (nSPS) is 22.0. The average molecular weight is 374 g/mol. The van der Waals surface area contributed by atoms with Crippen LogP contribution in [0.15, 0.2) is 24.3 Å². The van der Waals surface area contributed by atoms with Crippen LogP contribution in [0.1, 0.15) is 25.3 Å². The Bertz CT molecular complexity index is 756. The zero-order chi connectivity index (χ0) is 19.6. The largest absolute Gasteiger partial charge is 0.493 e. The molecule has 1 aromatic carbocycles. The first kappa shape index (κ1) is 18.9. The summed E-state index contributed by atoms with van der Waals surface area (Å²) in [5.41, 5.74) is 0.813. The summed E-state index contributed by atoms with van der Waals surface area (Å²) in [6, 6.07) is 6.54. The minimum absolute atomic E-state index is 0.192. The van der Waals surface area contributed by atoms with Crippen molar-refractivity contribution in [1.29, 1.82) is 0 Å². The number of carbonyl (C=O) groups is 4. The molecule has 1 saturated carbocycles. The van der Waals surface area contributed by atoms with E-state index in [0.717, 1.165) is 11.3 Å². The second-order valence-electron chi connectivity index (χ2n) is 6.99. The van der Waals surface area contributed by atoms with Crippen LogP contribution in [0.25, 0.3) is 0 Å². The summed E-state index contributed by atoms with van der Waals surface area (Å²) < 4.78 is 5.67. The van der Waals surface area contributed by atoms with Crippen molar-refractivity contribution < 1.29 is 29.0 Å². The quantitative estimate of drug-likeness (QED) is 0.644. The van der Waals surface area contributed by atoms with Crippen molar-refractivity contribution in [1.82, 2.24) is 10.2 Å². The highest BCUT2D eigenvalue weighted by atomic mass is 16.5. The highest BCUT2D eigenvalue weighted by Crippen LogP contribution is 2.30. The van der Waals surface area contributed by atoms with Crippen LogP contribution in [0.2, 0.25) is 0 Å². The standard InChI is InChI=1S/C19H22N2O6/c1-11-17(24)16(18(25)20-8-15(22)23)19(26)21(11)9-12-4-6-14(7-5-12)27-10-13-2-3-13/h4-7,11,13,16H,2-3,8-10H2,1H3,(H,20,25)(H,22,23). The highest BCUT2D eigenvalue weighted by molar-refractivity contribution is 6.23. The molecular formula is C19H22N2O6. The van der Waals surface area contributed by atoms with Crippen LogP contribution in [0.4, 0.5) is 0 Å². The Kier molecular flexibility index (Phi) is 5.43. The molecule has 2 N–H and O–H groups in total. The number of carbonyl (C=O) groups excluding carboxylic acids is 3. The molecule has 2 unspecified atom stereocenters. The molecule has 2 fully saturated rings. The number of carboxylic acids is 1. The number of nitrogens with zero attached hydrogens (tertiary/aromatic N) is 1. The number of Topliss-reactive ketones (excluding diaryl/α,β-unsaturated/α-hetero) is 1. The van der Waals surface area contributed by atoms with E-state index in [4.69, 9.17) is 9.84 Å². The number of amides is 2. The monoisotopic (exact) mass is 374 g/mol. The van der Waals surface area contributed by atoms with Gasteiger partial charge in [-0.3, -0.25) is 19.2 Å². The van der Waals surface area contributed by atoms with Crippen LogP contribution in [0.5, 0.6) is 5.75 Å². The van der Waals surface area contributed by atoms with Gasteiger partial charge in [0.1, 0.15) is 12.3 Å². The van der Waals surface area contributed by atoms with Gasteiger partial charge >= 0.3 is 5.97 Å². The van der Waals surface area contributed by atoms with E-state index in [2.05, 4.69) is 5.32 Å². The van der Waals surface area contributed by atoms with Crippen LogP contribution in [-0.4, -0.2) is 52.8 Å². The maximum absolute atomic E-state index is 12.5. The number of aliphatic carboxylic acids is 1. The fourth-order valence-corrected chi connectivity index (χ4v) is 2.98. The van der Waals surface area contributed by atoms with Gasteiger partial charge in [-0.15, -0.1) is 0 Å². The Morgan fingerprint density at radius 1 is 1.22 bits per heavy atom. The molecular weight excluding hydrogens is 352 g/mol. The highest BCUT2D eigenvalue weighted by Gasteiger charge is 2.48. The van der Waals surface area contributed by atoms with E-state index in [9.17, 15) is 19.2 Å². The van der Waals surface area contributed by atoms with Crippen LogP contribution < -0.4 is 10.1 Å². The molecule has 2 atom stereocenters. The first-order valence-corrected chi connectivity index (χ1v) is 8.92. The van der Waals surface area contributed by atoms with Gasteiger partial charge in [0.2, 0.25) is 11.8 Å². The molecule has 3 rings (SSSR count). The third-order valence-electron chi connectivity index (χ3n) is 4.83. The molecule has 2 amide bonds. The Balaban J connectivity index is 1.61. The molecule has 0 aromatic heterocycles. The van der Waals surface area contributed by atoms with Crippen molar-refractivity contribution in [3.63, 3.8) is 0 Å². The minimum Gasteiger partial charge on any atom is -0.493 e. The summed E-state index contributed by atoms with van der Waals surface area (Å²) in [4.78, 5) is 48.8. The molecule has 0 bridgehead atoms. The fraction of sp³-hybridized carbons (Fsp3) is 0.474. The van der Waals surface area contributed by atoms with Crippen LogP contribution >= 0.6 is 0 Å². The SMILES string of the molecule is CC1C(=O)C(C(=O)NCC(=O)O)C(=O)N1Cc1ccc(OCC2CC2)cc1. The number of carboxylic acid groups (broad SMARTS) is 1. The van der Waals surface area contributed by atoms with E-state index in [1.807, 2.05) is 24.3 Å². The molecule has 144 valence electrons. The van der Waals surface area contributed by atoms with Crippen molar-refractivity contribution in [2.45, 2.75) is 32.4 Å². The van der Waals surface area contributed by atoms with E-state index in [0.29, 0.717) is 12.5 Å². The number of hydrogen-bond acceptors (Lipinski definition) is 5. The number of nitrogens with one attached hydrogen (secondary N) is 1. The summed E-state index contributed by atoms with van der Waals surface area (Å²) in [5.74, 6) is -3.31. The van der Waals surface area contributed by atoms with E-state index in [-0.39, 0.29) is 6.54 Å². The summed E-state index contributed by atoms with van der Waals surface area (Å²) in [7, 11) is 0. The number of rotatable bonds is 8. The van der Waals surface area contributed by atoms with Gasteiger partial charge in [0, 0.05) is 6.54 Å². The van der Waals surface area contributed by atoms with E-state index >= 15 is 0 Å². The Labute approximate surface area is 156 Å². The lowest BCUT2D eigenvalue weighted by Gasteiger charge is -2.20. The third-order valence-corrected chi connectivity index (χ3v) is 4.83. The third kappa shape index (κ3) is 4.45. The maximum Gasteiger partial charge on any atom is 0.322 e. The Morgan fingerprint density at radius 3 is 2.48 bits per heavy atom. The van der Waals surface area contributed by atoms with Gasteiger partial charge < -0.3 is 20.1 Å². The first-order valence-electron chi connectivity index (χ1n) is 8.92. The molecule has 2 aliphatic rings. The van der Waals surface area contributed by atoms with Crippen LogP contribution in [0, 0.1) is 11.8 Å². The number of benzene rings is 1. The zero-order valence-electron chi connectivity index (χ0n) is 15.0. The van der Waals surface area contributed by atoms with E-state index in [1.165, 1.54) is 17.7 Å². The maximum atomic E-state index is 12.5. The van der Waals surface area contributed by atoms with Gasteiger partial charge in [0.05, 0.1) is 12.6 Å². The van der Waals surface area contributed by atoms with Gasteiger partial charge in [0.25, 0.3) is 0 Å². The molecule has 27 heavy (non-hydrogen) atoms. The van der Waals surface area contributed by atoms with Crippen molar-refractivity contribution in [2.24, 2.45) is 11.8 Å². The predicted molar refractivity (Wildman–Crippen MR) is 93.8 cm³/mol. The molecule has 1 saturated heterocycles. The summed E-state index contributed by atoms with van der Waals surface area (Å²) in [5, 5.41) is 10.7. The second kappa shape index (κ2) is 7.77. The summed E-state index contributed by atoms with van der Waals surface area (Å²) >= 11 is 0. The fourth-order valence-electron chi connectivity index (χ4n) is 2.98. The predicted octanol–water partition coefficient (Wildman–Crippen LogP) is 0.592. The first-order chi connectivity index (χ1) is 12.9.